The molecule has 4 saturated carbocycles. The Labute approximate surface area is 268 Å². The average molecular weight is 624 g/mol. The predicted molar refractivity (Wildman–Crippen MR) is 173 cm³/mol. The van der Waals surface area contributed by atoms with Gasteiger partial charge in [0.15, 0.2) is 0 Å². The van der Waals surface area contributed by atoms with Gasteiger partial charge in [-0.2, -0.15) is 0 Å². The van der Waals surface area contributed by atoms with Crippen LogP contribution in [0.15, 0.2) is 30.3 Å². The van der Waals surface area contributed by atoms with Gasteiger partial charge in [0, 0.05) is 23.9 Å². The van der Waals surface area contributed by atoms with Crippen molar-refractivity contribution in [1.82, 2.24) is 10.6 Å². The molecule has 9 nitrogen and oxygen atoms in total. The normalized spacial score (nSPS) is 39.5. The van der Waals surface area contributed by atoms with Crippen molar-refractivity contribution in [3.05, 3.63) is 30.3 Å². The molecular weight excluding hydrogens is 568 g/mol. The summed E-state index contributed by atoms with van der Waals surface area (Å²) < 4.78 is 11.5. The highest BCUT2D eigenvalue weighted by Crippen LogP contribution is 2.69. The maximum absolute atomic E-state index is 13.5. The SMILES string of the molecule is COC(=O)CC[C@@H](C)[C@H]1CC[C@H]2[C@@H]3[C@H](O)C[C@@H]4C[C@H](NC5=[NH+]CCCN5)CC[C@]4(C)[C@H]3C[C@H](OC(=O)Nc3ccccc3)[C@]12C. The van der Waals surface area contributed by atoms with E-state index in [1.165, 1.54) is 7.11 Å². The second kappa shape index (κ2) is 13.1. The van der Waals surface area contributed by atoms with E-state index in [-0.39, 0.29) is 58.6 Å². The number of para-hydroxylation sites is 1. The zero-order chi connectivity index (χ0) is 31.8. The molecule has 1 aromatic carbocycles. The van der Waals surface area contributed by atoms with Crippen LogP contribution >= 0.6 is 0 Å². The van der Waals surface area contributed by atoms with Crippen LogP contribution < -0.4 is 20.9 Å². The standard InChI is InChI=1S/C36H54N4O5/c1-22(11-14-31(42)44-4)26-12-13-27-32-28(21-30(36(26,27)3)45-34(43)40-24-9-6-5-7-10-24)35(2)16-15-25(19-23(35)20-29(32)41)39-33-37-17-8-18-38-33/h5-7,9-10,22-23,25-30,32,41H,8,11-21H2,1-4H3,(H,40,43)(H2,37,38,39)/p+1/t22-,23+,25-,26-,27+,28+,29-,30+,32+,35+,36-/m1/s1. The lowest BCUT2D eigenvalue weighted by Crippen LogP contribution is -2.83. The molecule has 4 fully saturated rings. The van der Waals surface area contributed by atoms with Gasteiger partial charge in [-0.15, -0.1) is 0 Å². The van der Waals surface area contributed by atoms with Crippen LogP contribution in [0.5, 0.6) is 0 Å². The second-order valence-electron chi connectivity index (χ2n) is 15.3. The first kappa shape index (κ1) is 32.1. The molecule has 248 valence electrons. The summed E-state index contributed by atoms with van der Waals surface area (Å²) in [4.78, 5) is 29.0. The number of aliphatic hydroxyl groups excluding tert-OH is 1. The number of esters is 1. The van der Waals surface area contributed by atoms with Gasteiger partial charge in [0.25, 0.3) is 0 Å². The van der Waals surface area contributed by atoms with Crippen LogP contribution in [0.3, 0.4) is 0 Å². The van der Waals surface area contributed by atoms with Crippen molar-refractivity contribution >= 4 is 23.7 Å². The molecule has 1 aliphatic heterocycles. The number of hydrogen-bond donors (Lipinski definition) is 5. The predicted octanol–water partition coefficient (Wildman–Crippen LogP) is 3.82. The van der Waals surface area contributed by atoms with Crippen molar-refractivity contribution in [1.29, 1.82) is 0 Å². The summed E-state index contributed by atoms with van der Waals surface area (Å²) >= 11 is 0. The minimum atomic E-state index is -0.409. The van der Waals surface area contributed by atoms with Crippen molar-refractivity contribution in [3.8, 4) is 0 Å². The van der Waals surface area contributed by atoms with E-state index in [0.29, 0.717) is 18.4 Å². The monoisotopic (exact) mass is 623 g/mol. The molecule has 1 heterocycles. The summed E-state index contributed by atoms with van der Waals surface area (Å²) in [7, 11) is 1.45. The fraction of sp³-hybridized carbons (Fsp3) is 0.750. The van der Waals surface area contributed by atoms with E-state index in [1.807, 2.05) is 30.3 Å². The van der Waals surface area contributed by atoms with Crippen molar-refractivity contribution < 1.29 is 29.2 Å². The highest BCUT2D eigenvalue weighted by Gasteiger charge is 2.67. The van der Waals surface area contributed by atoms with E-state index < -0.39 is 6.09 Å². The number of anilines is 1. The zero-order valence-corrected chi connectivity index (χ0v) is 27.6. The number of aliphatic hydroxyl groups is 1. The lowest BCUT2D eigenvalue weighted by Gasteiger charge is -2.63. The van der Waals surface area contributed by atoms with Gasteiger partial charge in [-0.3, -0.25) is 25.7 Å². The van der Waals surface area contributed by atoms with Gasteiger partial charge in [-0.25, -0.2) is 4.79 Å². The molecule has 6 rings (SSSR count). The fourth-order valence-electron chi connectivity index (χ4n) is 10.8. The molecule has 0 bridgehead atoms. The molecule has 0 radical (unpaired) electrons. The highest BCUT2D eigenvalue weighted by atomic mass is 16.6. The van der Waals surface area contributed by atoms with Crippen molar-refractivity contribution in [2.45, 2.75) is 103 Å². The van der Waals surface area contributed by atoms with Crippen LogP contribution in [-0.2, 0) is 14.3 Å². The Hall–Kier alpha value is -2.81. The summed E-state index contributed by atoms with van der Waals surface area (Å²) in [5.74, 6) is 2.55. The maximum Gasteiger partial charge on any atom is 0.411 e. The molecule has 1 aromatic rings. The van der Waals surface area contributed by atoms with E-state index in [9.17, 15) is 14.7 Å². The topological polar surface area (TPSA) is 123 Å². The summed E-state index contributed by atoms with van der Waals surface area (Å²) in [6.07, 6.45) is 8.09. The lowest BCUT2D eigenvalue weighted by atomic mass is 9.43. The van der Waals surface area contributed by atoms with E-state index in [4.69, 9.17) is 9.47 Å². The maximum atomic E-state index is 13.5. The molecule has 0 saturated heterocycles. The van der Waals surface area contributed by atoms with Crippen LogP contribution in [0.25, 0.3) is 0 Å². The zero-order valence-electron chi connectivity index (χ0n) is 27.6. The van der Waals surface area contributed by atoms with E-state index >= 15 is 0 Å². The largest absolute Gasteiger partial charge is 0.469 e. The van der Waals surface area contributed by atoms with Gasteiger partial charge in [-0.05, 0) is 104 Å². The molecular formula is C36H55N4O5+. The van der Waals surface area contributed by atoms with Gasteiger partial charge in [0.1, 0.15) is 6.10 Å². The van der Waals surface area contributed by atoms with E-state index in [2.05, 4.69) is 41.7 Å². The molecule has 11 atom stereocenters. The van der Waals surface area contributed by atoms with Crippen molar-refractivity contribution in [2.75, 3.05) is 25.5 Å². The number of hydrogen-bond acceptors (Lipinski definition) is 7. The summed E-state index contributed by atoms with van der Waals surface area (Å²) in [6, 6.07) is 9.87. The molecule has 0 aromatic heterocycles. The Balaban J connectivity index is 1.26. The first-order valence-corrected chi connectivity index (χ1v) is 17.5. The number of guanidine groups is 1. The number of nitrogens with one attached hydrogen (secondary N) is 4. The summed E-state index contributed by atoms with van der Waals surface area (Å²) in [6.45, 7) is 9.02. The third kappa shape index (κ3) is 6.18. The number of ether oxygens (including phenoxy) is 2. The van der Waals surface area contributed by atoms with Crippen LogP contribution in [-0.4, -0.2) is 61.6 Å². The van der Waals surface area contributed by atoms with Gasteiger partial charge in [0.2, 0.25) is 0 Å². The molecule has 5 aliphatic rings. The Morgan fingerprint density at radius 2 is 1.91 bits per heavy atom. The average Bonchev–Trinajstić information content (AvgIpc) is 3.40. The summed E-state index contributed by atoms with van der Waals surface area (Å²) in [5.41, 5.74) is 0.508. The third-order valence-corrected chi connectivity index (χ3v) is 13.1. The highest BCUT2D eigenvalue weighted by molar-refractivity contribution is 5.84. The number of methoxy groups -OCH3 is 1. The number of amides is 1. The molecule has 45 heavy (non-hydrogen) atoms. The van der Waals surface area contributed by atoms with Crippen LogP contribution in [0, 0.1) is 46.3 Å². The van der Waals surface area contributed by atoms with Crippen LogP contribution in [0.2, 0.25) is 0 Å². The van der Waals surface area contributed by atoms with Gasteiger partial charge in [-0.1, -0.05) is 39.0 Å². The number of benzene rings is 1. The fourth-order valence-corrected chi connectivity index (χ4v) is 10.8. The first-order valence-electron chi connectivity index (χ1n) is 17.5. The Morgan fingerprint density at radius 3 is 2.64 bits per heavy atom. The quantitative estimate of drug-likeness (QED) is 0.293. The van der Waals surface area contributed by atoms with Crippen LogP contribution in [0.4, 0.5) is 10.5 Å². The Kier molecular flexibility index (Phi) is 9.38. The third-order valence-electron chi connectivity index (χ3n) is 13.1. The summed E-state index contributed by atoms with van der Waals surface area (Å²) in [5, 5.41) is 22.2. The number of fused-ring (bicyclic) bond motifs is 5. The van der Waals surface area contributed by atoms with Crippen LogP contribution in [0.1, 0.15) is 85.0 Å². The van der Waals surface area contributed by atoms with Gasteiger partial charge in [0.05, 0.1) is 32.3 Å². The molecule has 0 spiro atoms. The smallest absolute Gasteiger partial charge is 0.411 e. The number of rotatable bonds is 7. The van der Waals surface area contributed by atoms with E-state index in [1.54, 1.807) is 0 Å². The number of carbonyl (C=O) groups excluding carboxylic acids is 2. The molecule has 0 unspecified atom stereocenters. The minimum Gasteiger partial charge on any atom is -0.469 e. The molecule has 9 heteroatoms. The van der Waals surface area contributed by atoms with E-state index in [0.717, 1.165) is 82.5 Å². The van der Waals surface area contributed by atoms with Gasteiger partial charge < -0.3 is 14.6 Å². The minimum absolute atomic E-state index is 0.0770. The van der Waals surface area contributed by atoms with Crippen molar-refractivity contribution in [3.63, 3.8) is 0 Å². The Morgan fingerprint density at radius 1 is 1.11 bits per heavy atom. The second-order valence-corrected chi connectivity index (χ2v) is 15.3. The number of carbonyl (C=O) groups is 2. The van der Waals surface area contributed by atoms with Crippen molar-refractivity contribution in [2.24, 2.45) is 46.3 Å². The molecule has 5 N–H and O–H groups in total. The molecule has 4 aliphatic carbocycles. The van der Waals surface area contributed by atoms with Gasteiger partial charge >= 0.3 is 18.0 Å². The lowest BCUT2D eigenvalue weighted by molar-refractivity contribution is -0.467. The Bertz CT molecular complexity index is 1240. The molecule has 1 amide bonds. The first-order chi connectivity index (χ1) is 21.6.